The fraction of sp³-hybridized carbons (Fsp3) is 0.412. The Morgan fingerprint density at radius 2 is 1.88 bits per heavy atom. The summed E-state index contributed by atoms with van der Waals surface area (Å²) < 4.78 is 10.4. The Morgan fingerprint density at radius 3 is 2.40 bits per heavy atom. The average Bonchev–Trinajstić information content (AvgIpc) is 2.59. The molecular weight excluding hydrogens is 367 g/mol. The van der Waals surface area contributed by atoms with Crippen molar-refractivity contribution < 1.29 is 19.1 Å². The molecule has 1 aliphatic rings. The zero-order valence-corrected chi connectivity index (χ0v) is 15.8. The summed E-state index contributed by atoms with van der Waals surface area (Å²) in [5, 5.41) is 5.97. The van der Waals surface area contributed by atoms with Gasteiger partial charge >= 0.3 is 12.0 Å². The largest absolute Gasteiger partial charge is 0.490 e. The van der Waals surface area contributed by atoms with Gasteiger partial charge in [0.05, 0.1) is 35.4 Å². The normalized spacial score (nSPS) is 17.0. The lowest BCUT2D eigenvalue weighted by Crippen LogP contribution is -2.45. The maximum Gasteiger partial charge on any atom is 0.337 e. The van der Waals surface area contributed by atoms with E-state index in [1.54, 1.807) is 12.1 Å². The van der Waals surface area contributed by atoms with Gasteiger partial charge in [-0.25, -0.2) is 9.59 Å². The van der Waals surface area contributed by atoms with E-state index in [0.717, 1.165) is 6.42 Å². The monoisotopic (exact) mass is 386 g/mol. The molecule has 2 rings (SSSR count). The Kier molecular flexibility index (Phi) is 6.56. The molecule has 1 aromatic carbocycles. The minimum atomic E-state index is -0.716. The number of nitrogens with one attached hydrogen (secondary N) is 2. The van der Waals surface area contributed by atoms with Crippen LogP contribution in [0.3, 0.4) is 0 Å². The van der Waals surface area contributed by atoms with Gasteiger partial charge in [-0.15, -0.1) is 0 Å². The molecule has 0 spiro atoms. The van der Waals surface area contributed by atoms with Gasteiger partial charge in [0, 0.05) is 5.70 Å². The van der Waals surface area contributed by atoms with Crippen LogP contribution in [0.15, 0.2) is 23.4 Å². The summed E-state index contributed by atoms with van der Waals surface area (Å²) in [7, 11) is 1.29. The van der Waals surface area contributed by atoms with E-state index in [9.17, 15) is 9.59 Å². The Bertz CT molecular complexity index is 696. The first kappa shape index (κ1) is 19.4. The van der Waals surface area contributed by atoms with Crippen LogP contribution in [-0.4, -0.2) is 25.7 Å². The Balaban J connectivity index is 2.50. The number of amides is 2. The lowest BCUT2D eigenvalue weighted by molar-refractivity contribution is -0.136. The number of hydrogen-bond donors (Lipinski definition) is 2. The third-order valence-electron chi connectivity index (χ3n) is 3.72. The van der Waals surface area contributed by atoms with Crippen LogP contribution in [0, 0.1) is 0 Å². The van der Waals surface area contributed by atoms with Crippen LogP contribution >= 0.6 is 23.2 Å². The smallest absolute Gasteiger partial charge is 0.337 e. The summed E-state index contributed by atoms with van der Waals surface area (Å²) in [6, 6.07) is 2.13. The lowest BCUT2D eigenvalue weighted by Gasteiger charge is -2.29. The van der Waals surface area contributed by atoms with Gasteiger partial charge in [0.2, 0.25) is 0 Å². The van der Waals surface area contributed by atoms with Gasteiger partial charge in [-0.2, -0.15) is 0 Å². The van der Waals surface area contributed by atoms with Gasteiger partial charge in [0.1, 0.15) is 0 Å². The van der Waals surface area contributed by atoms with Crippen LogP contribution in [-0.2, 0) is 9.53 Å². The first-order valence-electron chi connectivity index (χ1n) is 7.93. The molecular formula is C17H20Cl2N2O4. The zero-order chi connectivity index (χ0) is 18.6. The first-order chi connectivity index (χ1) is 11.9. The first-order valence-corrected chi connectivity index (χ1v) is 8.69. The molecule has 0 saturated heterocycles. The van der Waals surface area contributed by atoms with E-state index in [0.29, 0.717) is 45.7 Å². The fourth-order valence-corrected chi connectivity index (χ4v) is 3.20. The van der Waals surface area contributed by atoms with Crippen molar-refractivity contribution in [3.05, 3.63) is 39.0 Å². The SMILES string of the molecule is CCCOc1c(Cl)cc(C2NC(=O)NC(CC)=C2C(=O)OC)cc1Cl. The third-order valence-corrected chi connectivity index (χ3v) is 4.28. The number of rotatable bonds is 6. The molecule has 8 heteroatoms. The van der Waals surface area contributed by atoms with Crippen LogP contribution in [0.2, 0.25) is 10.0 Å². The van der Waals surface area contributed by atoms with E-state index in [1.807, 2.05) is 13.8 Å². The van der Waals surface area contributed by atoms with E-state index in [1.165, 1.54) is 7.11 Å². The van der Waals surface area contributed by atoms with Gasteiger partial charge in [0.25, 0.3) is 0 Å². The molecule has 2 N–H and O–H groups in total. The van der Waals surface area contributed by atoms with Crippen molar-refractivity contribution in [2.75, 3.05) is 13.7 Å². The van der Waals surface area contributed by atoms with Crippen LogP contribution in [0.1, 0.15) is 38.3 Å². The molecule has 0 aromatic heterocycles. The van der Waals surface area contributed by atoms with Crippen molar-refractivity contribution in [3.8, 4) is 5.75 Å². The molecule has 25 heavy (non-hydrogen) atoms. The molecule has 0 aliphatic carbocycles. The quantitative estimate of drug-likeness (QED) is 0.725. The molecule has 0 radical (unpaired) electrons. The molecule has 136 valence electrons. The second-order valence-electron chi connectivity index (χ2n) is 5.43. The highest BCUT2D eigenvalue weighted by Crippen LogP contribution is 2.38. The predicted octanol–water partition coefficient (Wildman–Crippen LogP) is 3.97. The van der Waals surface area contributed by atoms with E-state index >= 15 is 0 Å². The molecule has 1 aliphatic heterocycles. The summed E-state index contributed by atoms with van der Waals surface area (Å²) in [5.41, 5.74) is 1.39. The number of methoxy groups -OCH3 is 1. The topological polar surface area (TPSA) is 76.7 Å². The minimum absolute atomic E-state index is 0.311. The summed E-state index contributed by atoms with van der Waals surface area (Å²) in [4.78, 5) is 24.2. The number of carbonyl (C=O) groups is 2. The Morgan fingerprint density at radius 1 is 1.24 bits per heavy atom. The minimum Gasteiger partial charge on any atom is -0.490 e. The summed E-state index contributed by atoms with van der Waals surface area (Å²) >= 11 is 12.6. The number of allylic oxidation sites excluding steroid dienone is 1. The van der Waals surface area contributed by atoms with Gasteiger partial charge in [0.15, 0.2) is 5.75 Å². The second-order valence-corrected chi connectivity index (χ2v) is 6.25. The summed E-state index contributed by atoms with van der Waals surface area (Å²) in [6.07, 6.45) is 1.28. The number of carbonyl (C=O) groups excluding carboxylic acids is 2. The maximum atomic E-state index is 12.2. The number of halogens is 2. The highest BCUT2D eigenvalue weighted by atomic mass is 35.5. The second kappa shape index (κ2) is 8.45. The van der Waals surface area contributed by atoms with Crippen LogP contribution in [0.4, 0.5) is 4.79 Å². The molecule has 2 amide bonds. The third kappa shape index (κ3) is 4.19. The molecule has 1 unspecified atom stereocenters. The number of urea groups is 1. The molecule has 0 bridgehead atoms. The van der Waals surface area contributed by atoms with Crippen molar-refractivity contribution in [1.29, 1.82) is 0 Å². The molecule has 6 nitrogen and oxygen atoms in total. The van der Waals surface area contributed by atoms with Gasteiger partial charge in [-0.05, 0) is 30.5 Å². The maximum absolute atomic E-state index is 12.2. The van der Waals surface area contributed by atoms with Crippen molar-refractivity contribution >= 4 is 35.2 Å². The van der Waals surface area contributed by atoms with Crippen molar-refractivity contribution in [2.24, 2.45) is 0 Å². The number of hydrogen-bond acceptors (Lipinski definition) is 4. The standard InChI is InChI=1S/C17H20Cl2N2O4/c1-4-6-25-15-10(18)7-9(8-11(15)19)14-13(16(22)24-3)12(5-2)20-17(23)21-14/h7-8,14H,4-6H2,1-3H3,(H2,20,21,23). The molecule has 1 heterocycles. The van der Waals surface area contributed by atoms with Crippen molar-refractivity contribution in [2.45, 2.75) is 32.7 Å². The highest BCUT2D eigenvalue weighted by Gasteiger charge is 2.33. The predicted molar refractivity (Wildman–Crippen MR) is 96.0 cm³/mol. The molecule has 1 aromatic rings. The Hall–Kier alpha value is -1.92. The van der Waals surface area contributed by atoms with E-state index in [2.05, 4.69) is 10.6 Å². The van der Waals surface area contributed by atoms with Crippen molar-refractivity contribution in [1.82, 2.24) is 10.6 Å². The molecule has 1 atom stereocenters. The summed E-state index contributed by atoms with van der Waals surface area (Å²) in [5.74, 6) is -0.151. The van der Waals surface area contributed by atoms with E-state index < -0.39 is 18.0 Å². The fourth-order valence-electron chi connectivity index (χ4n) is 2.59. The van der Waals surface area contributed by atoms with Crippen LogP contribution in [0.5, 0.6) is 5.75 Å². The zero-order valence-electron chi connectivity index (χ0n) is 14.2. The highest BCUT2D eigenvalue weighted by molar-refractivity contribution is 6.37. The Labute approximate surface area is 156 Å². The average molecular weight is 387 g/mol. The number of ether oxygens (including phenoxy) is 2. The van der Waals surface area contributed by atoms with E-state index in [4.69, 9.17) is 32.7 Å². The lowest BCUT2D eigenvalue weighted by atomic mass is 9.94. The van der Waals surface area contributed by atoms with Gasteiger partial charge < -0.3 is 20.1 Å². The van der Waals surface area contributed by atoms with Crippen molar-refractivity contribution in [3.63, 3.8) is 0 Å². The van der Waals surface area contributed by atoms with E-state index in [-0.39, 0.29) is 0 Å². The van der Waals surface area contributed by atoms with Crippen LogP contribution in [0.25, 0.3) is 0 Å². The van der Waals surface area contributed by atoms with Gasteiger partial charge in [-0.3, -0.25) is 0 Å². The molecule has 0 saturated carbocycles. The summed E-state index contributed by atoms with van der Waals surface area (Å²) in [6.45, 7) is 4.29. The van der Waals surface area contributed by atoms with Crippen LogP contribution < -0.4 is 15.4 Å². The number of benzene rings is 1. The van der Waals surface area contributed by atoms with Gasteiger partial charge in [-0.1, -0.05) is 37.0 Å². The number of esters is 1. The molecule has 0 fully saturated rings.